The Balaban J connectivity index is 2.20. The van der Waals surface area contributed by atoms with Gasteiger partial charge in [-0.05, 0) is 11.6 Å². The molecular formula is C14H13N3O5S. The normalized spacial score (nSPS) is 11.0. The molecule has 0 aliphatic carbocycles. The molecule has 0 saturated carbocycles. The highest BCUT2D eigenvalue weighted by Gasteiger charge is 2.21. The van der Waals surface area contributed by atoms with E-state index in [1.54, 1.807) is 0 Å². The molecule has 8 nitrogen and oxygen atoms in total. The van der Waals surface area contributed by atoms with Crippen LogP contribution < -0.4 is 9.92 Å². The number of nitrogen functional groups attached to an aromatic ring is 1. The summed E-state index contributed by atoms with van der Waals surface area (Å²) in [7, 11) is -4.07. The predicted molar refractivity (Wildman–Crippen MR) is 83.8 cm³/mol. The van der Waals surface area contributed by atoms with Crippen molar-refractivity contribution in [1.82, 2.24) is 0 Å². The molecule has 120 valence electrons. The summed E-state index contributed by atoms with van der Waals surface area (Å²) in [6, 6.07) is 11.3. The van der Waals surface area contributed by atoms with Gasteiger partial charge in [0.25, 0.3) is 0 Å². The third-order valence-corrected chi connectivity index (χ3v) is 4.01. The maximum atomic E-state index is 12.1. The van der Waals surface area contributed by atoms with E-state index in [-0.39, 0.29) is 11.6 Å². The zero-order chi connectivity index (χ0) is 17.0. The third kappa shape index (κ3) is 4.27. The van der Waals surface area contributed by atoms with Crippen molar-refractivity contribution in [2.75, 3.05) is 0 Å². The van der Waals surface area contributed by atoms with Gasteiger partial charge < -0.3 is 9.92 Å². The summed E-state index contributed by atoms with van der Waals surface area (Å²) >= 11 is 0. The maximum absolute atomic E-state index is 12.1. The summed E-state index contributed by atoms with van der Waals surface area (Å²) in [4.78, 5) is 10.2. The van der Waals surface area contributed by atoms with Gasteiger partial charge in [0.1, 0.15) is 11.6 Å². The Kier molecular flexibility index (Phi) is 4.60. The molecule has 0 unspecified atom stereocenters. The molecule has 23 heavy (non-hydrogen) atoms. The first-order valence-electron chi connectivity index (χ1n) is 6.37. The van der Waals surface area contributed by atoms with Gasteiger partial charge in [-0.2, -0.15) is 8.42 Å². The second-order valence-corrected chi connectivity index (χ2v) is 6.19. The Morgan fingerprint density at radius 1 is 1.17 bits per heavy atom. The fourth-order valence-electron chi connectivity index (χ4n) is 1.83. The van der Waals surface area contributed by atoms with E-state index in [1.807, 2.05) is 0 Å². The zero-order valence-electron chi connectivity index (χ0n) is 11.8. The number of nitrogens with one attached hydrogen (secondary N) is 1. The minimum absolute atomic E-state index is 0.129. The molecule has 0 radical (unpaired) electrons. The van der Waals surface area contributed by atoms with Crippen molar-refractivity contribution in [2.45, 2.75) is 5.75 Å². The molecular weight excluding hydrogens is 322 g/mol. The van der Waals surface area contributed by atoms with Crippen LogP contribution in [0.15, 0.2) is 48.5 Å². The van der Waals surface area contributed by atoms with Crippen molar-refractivity contribution in [3.05, 3.63) is 69.8 Å². The summed E-state index contributed by atoms with van der Waals surface area (Å²) in [6.45, 7) is 0. The van der Waals surface area contributed by atoms with Crippen LogP contribution in [0.2, 0.25) is 0 Å². The van der Waals surface area contributed by atoms with Crippen LogP contribution in [0.25, 0.3) is 0 Å². The first kappa shape index (κ1) is 16.4. The molecule has 2 rings (SSSR count). The fraction of sp³-hybridized carbons (Fsp3) is 0.0714. The van der Waals surface area contributed by atoms with Gasteiger partial charge in [-0.3, -0.25) is 15.5 Å². The average molecular weight is 335 g/mol. The van der Waals surface area contributed by atoms with Crippen LogP contribution in [-0.4, -0.2) is 19.2 Å². The summed E-state index contributed by atoms with van der Waals surface area (Å²) in [5, 5.41) is 18.1. The van der Waals surface area contributed by atoms with E-state index < -0.39 is 26.5 Å². The molecule has 0 aliphatic heterocycles. The minimum atomic E-state index is -4.07. The second kappa shape index (κ2) is 6.44. The summed E-state index contributed by atoms with van der Waals surface area (Å²) in [6.07, 6.45) is 0. The number of hydrogen-bond donors (Lipinski definition) is 2. The second-order valence-electron chi connectivity index (χ2n) is 4.62. The van der Waals surface area contributed by atoms with Crippen LogP contribution in [0, 0.1) is 15.5 Å². The number of nitrogens with zero attached hydrogens (tertiary/aromatic N) is 1. The molecule has 0 saturated heterocycles. The molecule has 0 fully saturated rings. The van der Waals surface area contributed by atoms with E-state index in [0.29, 0.717) is 11.1 Å². The Bertz CT molecular complexity index is 847. The quantitative estimate of drug-likeness (QED) is 0.271. The van der Waals surface area contributed by atoms with Gasteiger partial charge in [0, 0.05) is 11.6 Å². The molecule has 0 aromatic heterocycles. The van der Waals surface area contributed by atoms with E-state index in [9.17, 15) is 18.5 Å². The molecule has 2 aromatic rings. The topological polar surface area (TPSA) is 136 Å². The van der Waals surface area contributed by atoms with Gasteiger partial charge in [-0.1, -0.05) is 36.4 Å². The minimum Gasteiger partial charge on any atom is -0.384 e. The van der Waals surface area contributed by atoms with E-state index >= 15 is 0 Å². The molecule has 0 bridgehead atoms. The highest BCUT2D eigenvalue weighted by molar-refractivity contribution is 7.86. The summed E-state index contributed by atoms with van der Waals surface area (Å²) in [5.41, 5.74) is 5.76. The van der Waals surface area contributed by atoms with Crippen molar-refractivity contribution in [1.29, 1.82) is 5.41 Å². The highest BCUT2D eigenvalue weighted by atomic mass is 32.2. The van der Waals surface area contributed by atoms with Crippen molar-refractivity contribution in [3.63, 3.8) is 0 Å². The zero-order valence-corrected chi connectivity index (χ0v) is 12.6. The Morgan fingerprint density at radius 3 is 2.35 bits per heavy atom. The molecule has 0 heterocycles. The summed E-state index contributed by atoms with van der Waals surface area (Å²) in [5.74, 6) is -0.926. The molecule has 9 heteroatoms. The van der Waals surface area contributed by atoms with Gasteiger partial charge in [-0.25, -0.2) is 0 Å². The van der Waals surface area contributed by atoms with Crippen LogP contribution >= 0.6 is 0 Å². The largest absolute Gasteiger partial charge is 0.384 e. The number of nitro benzene ring substituents is 1. The SMILES string of the molecule is N=C(N)c1ccc(CS(=O)(=O)Oc2ccccc2[N+](=O)[O-])cc1. The van der Waals surface area contributed by atoms with Crippen molar-refractivity contribution in [2.24, 2.45) is 5.73 Å². The van der Waals surface area contributed by atoms with Gasteiger partial charge in [0.2, 0.25) is 5.75 Å². The molecule has 0 atom stereocenters. The monoisotopic (exact) mass is 335 g/mol. The fourth-order valence-corrected chi connectivity index (χ4v) is 2.90. The number of rotatable bonds is 6. The van der Waals surface area contributed by atoms with Crippen molar-refractivity contribution in [3.8, 4) is 5.75 Å². The van der Waals surface area contributed by atoms with Gasteiger partial charge >= 0.3 is 15.8 Å². The van der Waals surface area contributed by atoms with Crippen LogP contribution in [0.5, 0.6) is 5.75 Å². The average Bonchev–Trinajstić information content (AvgIpc) is 2.47. The number of benzene rings is 2. The summed E-state index contributed by atoms with van der Waals surface area (Å²) < 4.78 is 28.9. The first-order valence-corrected chi connectivity index (χ1v) is 7.95. The van der Waals surface area contributed by atoms with Crippen molar-refractivity contribution < 1.29 is 17.5 Å². The maximum Gasteiger partial charge on any atom is 0.313 e. The third-order valence-electron chi connectivity index (χ3n) is 2.89. The van der Waals surface area contributed by atoms with Crippen LogP contribution in [-0.2, 0) is 15.9 Å². The van der Waals surface area contributed by atoms with Crippen LogP contribution in [0.4, 0.5) is 5.69 Å². The van der Waals surface area contributed by atoms with E-state index in [4.69, 9.17) is 15.3 Å². The predicted octanol–water partition coefficient (Wildman–Crippen LogP) is 1.79. The Hall–Kier alpha value is -2.94. The number of hydrogen-bond acceptors (Lipinski definition) is 6. The number of nitrogens with two attached hydrogens (primary N) is 1. The highest BCUT2D eigenvalue weighted by Crippen LogP contribution is 2.27. The molecule has 3 N–H and O–H groups in total. The lowest BCUT2D eigenvalue weighted by Gasteiger charge is -2.08. The van der Waals surface area contributed by atoms with Crippen molar-refractivity contribution >= 4 is 21.6 Å². The number of nitro groups is 1. The van der Waals surface area contributed by atoms with Gasteiger partial charge in [0.05, 0.1) is 4.92 Å². The first-order chi connectivity index (χ1) is 10.8. The van der Waals surface area contributed by atoms with E-state index in [2.05, 4.69) is 0 Å². The molecule has 0 aliphatic rings. The molecule has 2 aromatic carbocycles. The van der Waals surface area contributed by atoms with Gasteiger partial charge in [-0.15, -0.1) is 0 Å². The lowest BCUT2D eigenvalue weighted by Crippen LogP contribution is -2.14. The molecule has 0 amide bonds. The van der Waals surface area contributed by atoms with Crippen LogP contribution in [0.1, 0.15) is 11.1 Å². The standard InChI is InChI=1S/C14H13N3O5S/c15-14(16)11-7-5-10(6-8-11)9-23(20,21)22-13-4-2-1-3-12(13)17(18)19/h1-8H,9H2,(H3,15,16). The lowest BCUT2D eigenvalue weighted by molar-refractivity contribution is -0.385. The smallest absolute Gasteiger partial charge is 0.313 e. The Labute approximate surface area is 132 Å². The van der Waals surface area contributed by atoms with Crippen LogP contribution in [0.3, 0.4) is 0 Å². The van der Waals surface area contributed by atoms with E-state index in [0.717, 1.165) is 6.07 Å². The van der Waals surface area contributed by atoms with E-state index in [1.165, 1.54) is 42.5 Å². The lowest BCUT2D eigenvalue weighted by atomic mass is 10.1. The van der Waals surface area contributed by atoms with Gasteiger partial charge in [0.15, 0.2) is 0 Å². The molecule has 0 spiro atoms. The number of amidine groups is 1. The Morgan fingerprint density at radius 2 is 1.78 bits per heavy atom. The number of para-hydroxylation sites is 2.